The van der Waals surface area contributed by atoms with Crippen molar-refractivity contribution < 1.29 is 4.79 Å². The fraction of sp³-hybridized carbons (Fsp3) is 0.222. The Morgan fingerprint density at radius 2 is 2.10 bits per heavy atom. The van der Waals surface area contributed by atoms with Crippen molar-refractivity contribution in [1.82, 2.24) is 4.98 Å². The Kier molecular flexibility index (Phi) is 4.88. The summed E-state index contributed by atoms with van der Waals surface area (Å²) in [6, 6.07) is 9.76. The van der Waals surface area contributed by atoms with Gasteiger partial charge < -0.3 is 5.32 Å². The van der Waals surface area contributed by atoms with E-state index >= 15 is 0 Å². The standard InChI is InChI=1S/C18H20N2O/c1-4-15-8-5-7-13(2)18(15)20-14(3)11-17(21)16-9-6-10-19-12-16/h5-12,20H,4H2,1-3H3/b14-11+. The van der Waals surface area contributed by atoms with Crippen LogP contribution >= 0.6 is 0 Å². The molecule has 21 heavy (non-hydrogen) atoms. The highest BCUT2D eigenvalue weighted by Crippen LogP contribution is 2.22. The minimum absolute atomic E-state index is 0.0419. The molecule has 0 atom stereocenters. The van der Waals surface area contributed by atoms with Crippen LogP contribution in [0.5, 0.6) is 0 Å². The molecule has 2 rings (SSSR count). The Hall–Kier alpha value is -2.42. The predicted molar refractivity (Wildman–Crippen MR) is 86.5 cm³/mol. The van der Waals surface area contributed by atoms with Crippen molar-refractivity contribution in [2.75, 3.05) is 5.32 Å². The van der Waals surface area contributed by atoms with Gasteiger partial charge in [-0.25, -0.2) is 0 Å². The molecule has 0 saturated heterocycles. The van der Waals surface area contributed by atoms with Gasteiger partial charge in [-0.3, -0.25) is 9.78 Å². The number of aryl methyl sites for hydroxylation is 2. The molecule has 0 spiro atoms. The fourth-order valence-corrected chi connectivity index (χ4v) is 2.22. The Bertz CT molecular complexity index is 660. The fourth-order valence-electron chi connectivity index (χ4n) is 2.22. The summed E-state index contributed by atoms with van der Waals surface area (Å²) in [6.45, 7) is 6.09. The second-order valence-corrected chi connectivity index (χ2v) is 5.02. The number of nitrogens with zero attached hydrogens (tertiary/aromatic N) is 1. The van der Waals surface area contributed by atoms with E-state index in [2.05, 4.69) is 42.3 Å². The summed E-state index contributed by atoms with van der Waals surface area (Å²) < 4.78 is 0. The highest BCUT2D eigenvalue weighted by molar-refractivity contribution is 6.04. The number of benzene rings is 1. The van der Waals surface area contributed by atoms with E-state index in [4.69, 9.17) is 0 Å². The number of nitrogens with one attached hydrogen (secondary N) is 1. The molecule has 0 amide bonds. The van der Waals surface area contributed by atoms with Gasteiger partial charge >= 0.3 is 0 Å². The molecule has 1 aromatic heterocycles. The third kappa shape index (κ3) is 3.78. The summed E-state index contributed by atoms with van der Waals surface area (Å²) >= 11 is 0. The number of anilines is 1. The Morgan fingerprint density at radius 1 is 1.29 bits per heavy atom. The van der Waals surface area contributed by atoms with Crippen LogP contribution in [0.15, 0.2) is 54.5 Å². The Balaban J connectivity index is 2.20. The second-order valence-electron chi connectivity index (χ2n) is 5.02. The summed E-state index contributed by atoms with van der Waals surface area (Å²) in [5, 5.41) is 3.35. The van der Waals surface area contributed by atoms with Crippen LogP contribution in [0.2, 0.25) is 0 Å². The number of carbonyl (C=O) groups excluding carboxylic acids is 1. The van der Waals surface area contributed by atoms with Crippen molar-refractivity contribution in [2.45, 2.75) is 27.2 Å². The van der Waals surface area contributed by atoms with Gasteiger partial charge in [0.2, 0.25) is 0 Å². The number of ketones is 1. The molecule has 3 heteroatoms. The molecule has 3 nitrogen and oxygen atoms in total. The number of hydrogen-bond acceptors (Lipinski definition) is 3. The van der Waals surface area contributed by atoms with Crippen molar-refractivity contribution in [3.63, 3.8) is 0 Å². The highest BCUT2D eigenvalue weighted by Gasteiger charge is 2.06. The first-order valence-electron chi connectivity index (χ1n) is 7.10. The van der Waals surface area contributed by atoms with Crippen molar-refractivity contribution in [3.05, 3.63) is 71.2 Å². The van der Waals surface area contributed by atoms with Gasteiger partial charge in [0, 0.05) is 35.4 Å². The van der Waals surface area contributed by atoms with E-state index in [1.807, 2.05) is 6.92 Å². The molecular weight excluding hydrogens is 260 g/mol. The zero-order chi connectivity index (χ0) is 15.2. The number of hydrogen-bond donors (Lipinski definition) is 1. The van der Waals surface area contributed by atoms with Crippen LogP contribution in [0.4, 0.5) is 5.69 Å². The quantitative estimate of drug-likeness (QED) is 0.661. The van der Waals surface area contributed by atoms with E-state index < -0.39 is 0 Å². The summed E-state index contributed by atoms with van der Waals surface area (Å²) in [5.41, 5.74) is 4.94. The lowest BCUT2D eigenvalue weighted by molar-refractivity contribution is 0.104. The Morgan fingerprint density at radius 3 is 2.76 bits per heavy atom. The number of para-hydroxylation sites is 1. The molecule has 1 N–H and O–H groups in total. The smallest absolute Gasteiger partial charge is 0.189 e. The lowest BCUT2D eigenvalue weighted by Gasteiger charge is -2.14. The van der Waals surface area contributed by atoms with E-state index in [0.29, 0.717) is 5.56 Å². The SMILES string of the molecule is CCc1cccc(C)c1N/C(C)=C/C(=O)c1cccnc1. The van der Waals surface area contributed by atoms with Gasteiger partial charge in [-0.1, -0.05) is 25.1 Å². The lowest BCUT2D eigenvalue weighted by Crippen LogP contribution is -2.04. The lowest BCUT2D eigenvalue weighted by atomic mass is 10.1. The first-order valence-corrected chi connectivity index (χ1v) is 7.10. The molecule has 0 fully saturated rings. The van der Waals surface area contributed by atoms with Crippen molar-refractivity contribution in [1.29, 1.82) is 0 Å². The van der Waals surface area contributed by atoms with Gasteiger partial charge in [-0.05, 0) is 43.5 Å². The predicted octanol–water partition coefficient (Wildman–Crippen LogP) is 4.15. The van der Waals surface area contributed by atoms with Gasteiger partial charge in [0.1, 0.15) is 0 Å². The van der Waals surface area contributed by atoms with Crippen molar-refractivity contribution in [2.24, 2.45) is 0 Å². The van der Waals surface area contributed by atoms with Crippen LogP contribution < -0.4 is 5.32 Å². The average molecular weight is 280 g/mol. The summed E-state index contributed by atoms with van der Waals surface area (Å²) in [6.07, 6.45) is 5.81. The molecule has 108 valence electrons. The highest BCUT2D eigenvalue weighted by atomic mass is 16.1. The number of pyridine rings is 1. The first-order chi connectivity index (χ1) is 10.1. The molecule has 0 radical (unpaired) electrons. The van der Waals surface area contributed by atoms with E-state index in [1.165, 1.54) is 11.1 Å². The number of rotatable bonds is 5. The molecule has 0 bridgehead atoms. The van der Waals surface area contributed by atoms with E-state index in [1.54, 1.807) is 30.6 Å². The average Bonchev–Trinajstić information content (AvgIpc) is 2.50. The molecule has 1 heterocycles. The maximum atomic E-state index is 12.1. The van der Waals surface area contributed by atoms with Gasteiger partial charge in [-0.15, -0.1) is 0 Å². The van der Waals surface area contributed by atoms with Crippen LogP contribution in [-0.4, -0.2) is 10.8 Å². The van der Waals surface area contributed by atoms with Gasteiger partial charge in [0.25, 0.3) is 0 Å². The normalized spacial score (nSPS) is 11.3. The van der Waals surface area contributed by atoms with E-state index in [9.17, 15) is 4.79 Å². The number of aromatic nitrogens is 1. The molecule has 2 aromatic rings. The topological polar surface area (TPSA) is 42.0 Å². The van der Waals surface area contributed by atoms with Crippen LogP contribution in [0, 0.1) is 6.92 Å². The summed E-state index contributed by atoms with van der Waals surface area (Å²) in [4.78, 5) is 16.1. The van der Waals surface area contributed by atoms with Crippen LogP contribution in [-0.2, 0) is 6.42 Å². The zero-order valence-electron chi connectivity index (χ0n) is 12.7. The summed E-state index contributed by atoms with van der Waals surface area (Å²) in [5.74, 6) is -0.0419. The maximum absolute atomic E-state index is 12.1. The number of allylic oxidation sites excluding steroid dienone is 2. The largest absolute Gasteiger partial charge is 0.359 e. The van der Waals surface area contributed by atoms with E-state index in [0.717, 1.165) is 17.8 Å². The van der Waals surface area contributed by atoms with Crippen LogP contribution in [0.3, 0.4) is 0 Å². The molecule has 0 aliphatic heterocycles. The molecule has 0 aliphatic rings. The number of carbonyl (C=O) groups is 1. The van der Waals surface area contributed by atoms with Crippen molar-refractivity contribution >= 4 is 11.5 Å². The third-order valence-electron chi connectivity index (χ3n) is 3.36. The zero-order valence-corrected chi connectivity index (χ0v) is 12.7. The third-order valence-corrected chi connectivity index (χ3v) is 3.36. The molecule has 0 saturated carbocycles. The maximum Gasteiger partial charge on any atom is 0.189 e. The minimum atomic E-state index is -0.0419. The minimum Gasteiger partial charge on any atom is -0.359 e. The molecule has 1 aromatic carbocycles. The summed E-state index contributed by atoms with van der Waals surface area (Å²) in [7, 11) is 0. The van der Waals surface area contributed by atoms with Gasteiger partial charge in [-0.2, -0.15) is 0 Å². The first kappa shape index (κ1) is 15.0. The monoisotopic (exact) mass is 280 g/mol. The molecular formula is C18H20N2O. The molecule has 0 unspecified atom stereocenters. The van der Waals surface area contributed by atoms with E-state index in [-0.39, 0.29) is 5.78 Å². The Labute approximate surface area is 125 Å². The van der Waals surface area contributed by atoms with Crippen molar-refractivity contribution in [3.8, 4) is 0 Å². The van der Waals surface area contributed by atoms with Gasteiger partial charge in [0.05, 0.1) is 0 Å². The van der Waals surface area contributed by atoms with Crippen LogP contribution in [0.25, 0.3) is 0 Å². The second kappa shape index (κ2) is 6.84. The molecule has 0 aliphatic carbocycles. The van der Waals surface area contributed by atoms with Crippen LogP contribution in [0.1, 0.15) is 35.3 Å². The van der Waals surface area contributed by atoms with Gasteiger partial charge in [0.15, 0.2) is 5.78 Å².